The van der Waals surface area contributed by atoms with E-state index in [1.807, 2.05) is 11.8 Å². The monoisotopic (exact) mass is 348 g/mol. The first-order chi connectivity index (χ1) is 11.8. The molecule has 2 aliphatic heterocycles. The SMILES string of the molecule is OC1CCCCC1C1CCCN1c1cc(N2CCSCC2)ncn1. The number of anilines is 2. The van der Waals surface area contributed by atoms with Gasteiger partial charge in [0.15, 0.2) is 0 Å². The number of aromatic nitrogens is 2. The third kappa shape index (κ3) is 3.36. The fourth-order valence-corrected chi connectivity index (χ4v) is 5.47. The Labute approximate surface area is 148 Å². The van der Waals surface area contributed by atoms with Gasteiger partial charge in [0.25, 0.3) is 0 Å². The number of hydrogen-bond donors (Lipinski definition) is 1. The molecule has 24 heavy (non-hydrogen) atoms. The molecule has 4 rings (SSSR count). The molecule has 1 aromatic rings. The van der Waals surface area contributed by atoms with E-state index < -0.39 is 0 Å². The average Bonchev–Trinajstić information content (AvgIpc) is 3.12. The number of aliphatic hydroxyl groups excluding tert-OH is 1. The predicted octanol–water partition coefficient (Wildman–Crippen LogP) is 2.55. The first-order valence-electron chi connectivity index (χ1n) is 9.42. The number of hydrogen-bond acceptors (Lipinski definition) is 6. The Morgan fingerprint density at radius 1 is 0.958 bits per heavy atom. The van der Waals surface area contributed by atoms with Crippen LogP contribution in [0.2, 0.25) is 0 Å². The van der Waals surface area contributed by atoms with Gasteiger partial charge < -0.3 is 14.9 Å². The molecule has 1 aromatic heterocycles. The summed E-state index contributed by atoms with van der Waals surface area (Å²) in [6.07, 6.45) is 8.53. The van der Waals surface area contributed by atoms with Gasteiger partial charge in [-0.05, 0) is 25.7 Å². The zero-order valence-electron chi connectivity index (χ0n) is 14.3. The Bertz CT molecular complexity index is 552. The van der Waals surface area contributed by atoms with Crippen LogP contribution in [0.25, 0.3) is 0 Å². The van der Waals surface area contributed by atoms with Crippen LogP contribution in [0.1, 0.15) is 38.5 Å². The van der Waals surface area contributed by atoms with E-state index in [9.17, 15) is 5.11 Å². The van der Waals surface area contributed by atoms with E-state index in [0.717, 1.165) is 44.1 Å². The lowest BCUT2D eigenvalue weighted by Crippen LogP contribution is -2.43. The molecule has 0 bridgehead atoms. The van der Waals surface area contributed by atoms with Gasteiger partial charge in [-0.15, -0.1) is 0 Å². The standard InChI is InChI=1S/C18H28N4OS/c23-16-6-2-1-4-14(16)15-5-3-7-22(15)18-12-17(19-13-20-18)21-8-10-24-11-9-21/h12-16,23H,1-11H2. The highest BCUT2D eigenvalue weighted by atomic mass is 32.2. The van der Waals surface area contributed by atoms with E-state index in [4.69, 9.17) is 0 Å². The summed E-state index contributed by atoms with van der Waals surface area (Å²) >= 11 is 2.02. The average molecular weight is 349 g/mol. The van der Waals surface area contributed by atoms with Gasteiger partial charge in [0, 0.05) is 49.2 Å². The van der Waals surface area contributed by atoms with Crippen LogP contribution in [0.5, 0.6) is 0 Å². The van der Waals surface area contributed by atoms with Crippen LogP contribution in [0, 0.1) is 5.92 Å². The molecule has 1 saturated carbocycles. The summed E-state index contributed by atoms with van der Waals surface area (Å²) in [6, 6.07) is 2.61. The quantitative estimate of drug-likeness (QED) is 0.906. The van der Waals surface area contributed by atoms with Crippen molar-refractivity contribution in [2.45, 2.75) is 50.7 Å². The van der Waals surface area contributed by atoms with Crippen LogP contribution in [-0.4, -0.2) is 58.4 Å². The molecule has 3 fully saturated rings. The predicted molar refractivity (Wildman–Crippen MR) is 99.9 cm³/mol. The van der Waals surface area contributed by atoms with Crippen LogP contribution >= 0.6 is 11.8 Å². The molecule has 5 nitrogen and oxygen atoms in total. The van der Waals surface area contributed by atoms with Crippen LogP contribution in [-0.2, 0) is 0 Å². The first-order valence-corrected chi connectivity index (χ1v) is 10.6. The lowest BCUT2D eigenvalue weighted by Gasteiger charge is -2.38. The molecule has 3 unspecified atom stereocenters. The smallest absolute Gasteiger partial charge is 0.134 e. The second-order valence-electron chi connectivity index (χ2n) is 7.25. The molecule has 0 radical (unpaired) electrons. The van der Waals surface area contributed by atoms with E-state index in [-0.39, 0.29) is 6.10 Å². The highest BCUT2D eigenvalue weighted by molar-refractivity contribution is 7.99. The molecule has 1 aliphatic carbocycles. The lowest BCUT2D eigenvalue weighted by molar-refractivity contribution is 0.0565. The minimum Gasteiger partial charge on any atom is -0.393 e. The Morgan fingerprint density at radius 2 is 1.75 bits per heavy atom. The third-order valence-corrected chi connectivity index (χ3v) is 6.79. The highest BCUT2D eigenvalue weighted by Crippen LogP contribution is 2.37. The second kappa shape index (κ2) is 7.48. The third-order valence-electron chi connectivity index (χ3n) is 5.84. The van der Waals surface area contributed by atoms with Gasteiger partial charge in [0.2, 0.25) is 0 Å². The van der Waals surface area contributed by atoms with Crippen LogP contribution in [0.4, 0.5) is 11.6 Å². The molecule has 3 heterocycles. The number of rotatable bonds is 3. The fraction of sp³-hybridized carbons (Fsp3) is 0.778. The Hall–Kier alpha value is -1.01. The normalized spacial score (nSPS) is 31.5. The second-order valence-corrected chi connectivity index (χ2v) is 8.48. The van der Waals surface area contributed by atoms with E-state index in [2.05, 4.69) is 25.8 Å². The number of thioether (sulfide) groups is 1. The van der Waals surface area contributed by atoms with E-state index >= 15 is 0 Å². The van der Waals surface area contributed by atoms with Gasteiger partial charge in [-0.25, -0.2) is 9.97 Å². The summed E-state index contributed by atoms with van der Waals surface area (Å²) in [5, 5.41) is 10.5. The maximum atomic E-state index is 10.5. The van der Waals surface area contributed by atoms with Crippen molar-refractivity contribution in [3.05, 3.63) is 12.4 Å². The van der Waals surface area contributed by atoms with Crippen molar-refractivity contribution in [1.29, 1.82) is 0 Å². The van der Waals surface area contributed by atoms with Gasteiger partial charge >= 0.3 is 0 Å². The molecule has 3 aliphatic rings. The summed E-state index contributed by atoms with van der Waals surface area (Å²) in [6.45, 7) is 3.21. The van der Waals surface area contributed by atoms with E-state index in [0.29, 0.717) is 12.0 Å². The van der Waals surface area contributed by atoms with Crippen molar-refractivity contribution < 1.29 is 5.11 Å². The number of aliphatic hydroxyl groups is 1. The zero-order chi connectivity index (χ0) is 16.4. The van der Waals surface area contributed by atoms with Crippen molar-refractivity contribution in [3.63, 3.8) is 0 Å². The van der Waals surface area contributed by atoms with Crippen molar-refractivity contribution in [3.8, 4) is 0 Å². The highest BCUT2D eigenvalue weighted by Gasteiger charge is 2.37. The molecule has 2 saturated heterocycles. The Kier molecular flexibility index (Phi) is 5.13. The molecule has 132 valence electrons. The summed E-state index contributed by atoms with van der Waals surface area (Å²) in [5.74, 6) is 4.89. The Balaban J connectivity index is 1.53. The van der Waals surface area contributed by atoms with Crippen molar-refractivity contribution in [2.75, 3.05) is 40.9 Å². The van der Waals surface area contributed by atoms with Crippen molar-refractivity contribution >= 4 is 23.4 Å². The van der Waals surface area contributed by atoms with Gasteiger partial charge in [0.05, 0.1) is 6.10 Å². The fourth-order valence-electron chi connectivity index (χ4n) is 4.57. The molecule has 3 atom stereocenters. The van der Waals surface area contributed by atoms with Crippen LogP contribution in [0.3, 0.4) is 0 Å². The lowest BCUT2D eigenvalue weighted by atomic mass is 9.80. The molecule has 0 amide bonds. The summed E-state index contributed by atoms with van der Waals surface area (Å²) < 4.78 is 0. The molecule has 0 spiro atoms. The summed E-state index contributed by atoms with van der Waals surface area (Å²) in [7, 11) is 0. The maximum absolute atomic E-state index is 10.5. The van der Waals surface area contributed by atoms with Gasteiger partial charge in [-0.3, -0.25) is 0 Å². The van der Waals surface area contributed by atoms with E-state index in [1.165, 1.54) is 37.2 Å². The van der Waals surface area contributed by atoms with Crippen LogP contribution in [0.15, 0.2) is 12.4 Å². The van der Waals surface area contributed by atoms with Crippen molar-refractivity contribution in [1.82, 2.24) is 9.97 Å². The summed E-state index contributed by atoms with van der Waals surface area (Å²) in [4.78, 5) is 13.9. The topological polar surface area (TPSA) is 52.5 Å². The molecule has 6 heteroatoms. The minimum atomic E-state index is -0.134. The molecular formula is C18H28N4OS. The zero-order valence-corrected chi connectivity index (χ0v) is 15.1. The maximum Gasteiger partial charge on any atom is 0.134 e. The molecular weight excluding hydrogens is 320 g/mol. The largest absolute Gasteiger partial charge is 0.393 e. The van der Waals surface area contributed by atoms with Crippen molar-refractivity contribution in [2.24, 2.45) is 5.92 Å². The van der Waals surface area contributed by atoms with Gasteiger partial charge in [-0.1, -0.05) is 12.8 Å². The Morgan fingerprint density at radius 3 is 2.58 bits per heavy atom. The minimum absolute atomic E-state index is 0.134. The van der Waals surface area contributed by atoms with Gasteiger partial charge in [0.1, 0.15) is 18.0 Å². The summed E-state index contributed by atoms with van der Waals surface area (Å²) in [5.41, 5.74) is 0. The number of nitrogens with zero attached hydrogens (tertiary/aromatic N) is 4. The molecule has 0 aromatic carbocycles. The molecule has 1 N–H and O–H groups in total. The van der Waals surface area contributed by atoms with Crippen LogP contribution < -0.4 is 9.80 Å². The van der Waals surface area contributed by atoms with Gasteiger partial charge in [-0.2, -0.15) is 11.8 Å². The van der Waals surface area contributed by atoms with E-state index in [1.54, 1.807) is 6.33 Å². The first kappa shape index (κ1) is 16.5.